The maximum Gasteiger partial charge on any atom is 0.257 e. The van der Waals surface area contributed by atoms with Crippen molar-refractivity contribution in [1.82, 2.24) is 5.32 Å². The molecule has 0 atom stereocenters. The normalized spacial score (nSPS) is 11.6. The molecule has 20 heavy (non-hydrogen) atoms. The van der Waals surface area contributed by atoms with Crippen LogP contribution in [-0.4, -0.2) is 18.3 Å². The fraction of sp³-hybridized carbons (Fsp3) is 0.417. The van der Waals surface area contributed by atoms with Crippen molar-refractivity contribution in [3.05, 3.63) is 34.6 Å². The Morgan fingerprint density at radius 2 is 1.40 bits per heavy atom. The van der Waals surface area contributed by atoms with Crippen molar-refractivity contribution in [2.75, 3.05) is 12.4 Å². The van der Waals surface area contributed by atoms with Gasteiger partial charge in [-0.3, -0.25) is 4.79 Å². The van der Waals surface area contributed by atoms with Gasteiger partial charge < -0.3 is 5.32 Å². The summed E-state index contributed by atoms with van der Waals surface area (Å²) in [5, 5.41) is 2.09. The van der Waals surface area contributed by atoms with E-state index >= 15 is 0 Å². The van der Waals surface area contributed by atoms with Crippen LogP contribution in [0.25, 0.3) is 0 Å². The van der Waals surface area contributed by atoms with E-state index in [1.807, 2.05) is 0 Å². The van der Waals surface area contributed by atoms with Gasteiger partial charge in [0.1, 0.15) is 5.56 Å². The largest absolute Gasteiger partial charge is 0.351 e. The summed E-state index contributed by atoms with van der Waals surface area (Å²) in [5.41, 5.74) is -2.10. The Morgan fingerprint density at radius 3 is 1.80 bits per heavy atom. The van der Waals surface area contributed by atoms with E-state index in [0.717, 1.165) is 0 Å². The topological polar surface area (TPSA) is 29.1 Å². The lowest BCUT2D eigenvalue weighted by Gasteiger charge is -2.21. The van der Waals surface area contributed by atoms with Crippen LogP contribution in [0.2, 0.25) is 0 Å². The van der Waals surface area contributed by atoms with Crippen LogP contribution in [-0.2, 0) is 0 Å². The summed E-state index contributed by atoms with van der Waals surface area (Å²) in [4.78, 5) is 11.6. The third-order valence-electron chi connectivity index (χ3n) is 2.53. The third kappa shape index (κ3) is 3.20. The Kier molecular flexibility index (Phi) is 4.96. The lowest BCUT2D eigenvalue weighted by atomic mass is 9.96. The van der Waals surface area contributed by atoms with Gasteiger partial charge in [0.15, 0.2) is 23.3 Å². The van der Waals surface area contributed by atoms with Crippen molar-refractivity contribution < 1.29 is 26.7 Å². The van der Waals surface area contributed by atoms with Gasteiger partial charge in [-0.2, -0.15) is 0 Å². The van der Waals surface area contributed by atoms with E-state index in [0.29, 0.717) is 0 Å². The Bertz CT molecular complexity index is 518. The van der Waals surface area contributed by atoms with Crippen molar-refractivity contribution in [1.29, 1.82) is 0 Å². The van der Waals surface area contributed by atoms with E-state index < -0.39 is 46.0 Å². The maximum absolute atomic E-state index is 13.3. The molecule has 0 saturated heterocycles. The molecule has 0 radical (unpaired) electrons. The molecule has 0 spiro atoms. The van der Waals surface area contributed by atoms with Crippen LogP contribution in [0.1, 0.15) is 24.2 Å². The van der Waals surface area contributed by atoms with E-state index in [1.54, 1.807) is 13.8 Å². The lowest BCUT2D eigenvalue weighted by molar-refractivity contribution is 0.0928. The Labute approximate surface area is 116 Å². The molecule has 112 valence electrons. The standard InChI is InChI=1S/C12H11ClF5NO/c1-12(2,3-13)4-19-11(20)5-6(14)8(16)10(18)9(17)7(5)15/h3-4H2,1-2H3,(H,19,20). The first kappa shape index (κ1) is 16.7. The quantitative estimate of drug-likeness (QED) is 0.392. The highest BCUT2D eigenvalue weighted by molar-refractivity contribution is 6.18. The number of carbonyl (C=O) groups is 1. The van der Waals surface area contributed by atoms with Crippen LogP contribution < -0.4 is 5.32 Å². The zero-order valence-corrected chi connectivity index (χ0v) is 11.3. The molecule has 0 aliphatic carbocycles. The van der Waals surface area contributed by atoms with Crippen LogP contribution in [0.3, 0.4) is 0 Å². The van der Waals surface area contributed by atoms with E-state index in [4.69, 9.17) is 11.6 Å². The number of nitrogens with one attached hydrogen (secondary N) is 1. The van der Waals surface area contributed by atoms with Gasteiger partial charge in [0, 0.05) is 12.4 Å². The minimum atomic E-state index is -2.31. The summed E-state index contributed by atoms with van der Waals surface area (Å²) in [6.45, 7) is 3.21. The molecule has 0 heterocycles. The van der Waals surface area contributed by atoms with Gasteiger partial charge >= 0.3 is 0 Å². The lowest BCUT2D eigenvalue weighted by Crippen LogP contribution is -2.36. The summed E-state index contributed by atoms with van der Waals surface area (Å²) >= 11 is 5.59. The molecule has 1 rings (SSSR count). The number of amides is 1. The van der Waals surface area contributed by atoms with Gasteiger partial charge in [0.05, 0.1) is 0 Å². The molecule has 0 unspecified atom stereocenters. The second-order valence-electron chi connectivity index (χ2n) is 4.93. The average Bonchev–Trinajstić information content (AvgIpc) is 2.41. The number of hydrogen-bond donors (Lipinski definition) is 1. The number of halogens is 6. The number of hydrogen-bond acceptors (Lipinski definition) is 1. The SMILES string of the molecule is CC(C)(CCl)CNC(=O)c1c(F)c(F)c(F)c(F)c1F. The first-order valence-electron chi connectivity index (χ1n) is 5.48. The van der Waals surface area contributed by atoms with E-state index in [-0.39, 0.29) is 12.4 Å². The maximum atomic E-state index is 13.3. The zero-order chi connectivity index (χ0) is 15.7. The fourth-order valence-electron chi connectivity index (χ4n) is 1.26. The van der Waals surface area contributed by atoms with Crippen LogP contribution in [0, 0.1) is 34.5 Å². The molecule has 1 aromatic carbocycles. The molecule has 1 aromatic rings. The molecule has 0 aliphatic rings. The molecule has 2 nitrogen and oxygen atoms in total. The highest BCUT2D eigenvalue weighted by Crippen LogP contribution is 2.23. The smallest absolute Gasteiger partial charge is 0.257 e. The molecule has 0 fully saturated rings. The van der Waals surface area contributed by atoms with Gasteiger partial charge in [0.2, 0.25) is 5.82 Å². The van der Waals surface area contributed by atoms with Crippen molar-refractivity contribution in [3.63, 3.8) is 0 Å². The molecular weight excluding hydrogens is 305 g/mol. The third-order valence-corrected chi connectivity index (χ3v) is 3.25. The molecule has 0 bridgehead atoms. The highest BCUT2D eigenvalue weighted by Gasteiger charge is 2.30. The number of carbonyl (C=O) groups excluding carboxylic acids is 1. The summed E-state index contributed by atoms with van der Waals surface area (Å²) in [6, 6.07) is 0. The van der Waals surface area contributed by atoms with Gasteiger partial charge in [-0.1, -0.05) is 13.8 Å². The second-order valence-corrected chi connectivity index (χ2v) is 5.19. The molecule has 0 aliphatic heterocycles. The van der Waals surface area contributed by atoms with Crippen molar-refractivity contribution >= 4 is 17.5 Å². The van der Waals surface area contributed by atoms with Crippen LogP contribution >= 0.6 is 11.6 Å². The number of benzene rings is 1. The monoisotopic (exact) mass is 315 g/mol. The second kappa shape index (κ2) is 5.95. The van der Waals surface area contributed by atoms with Crippen LogP contribution in [0.15, 0.2) is 0 Å². The fourth-order valence-corrected chi connectivity index (χ4v) is 1.35. The van der Waals surface area contributed by atoms with E-state index in [1.165, 1.54) is 0 Å². The Morgan fingerprint density at radius 1 is 1.00 bits per heavy atom. The molecule has 0 aromatic heterocycles. The summed E-state index contributed by atoms with van der Waals surface area (Å²) in [5.74, 6) is -12.2. The summed E-state index contributed by atoms with van der Waals surface area (Å²) in [6.07, 6.45) is 0. The van der Waals surface area contributed by atoms with Gasteiger partial charge in [0.25, 0.3) is 5.91 Å². The minimum Gasteiger partial charge on any atom is -0.351 e. The van der Waals surface area contributed by atoms with Crippen LogP contribution in [0.5, 0.6) is 0 Å². The van der Waals surface area contributed by atoms with Crippen LogP contribution in [0.4, 0.5) is 22.0 Å². The van der Waals surface area contributed by atoms with E-state index in [9.17, 15) is 26.7 Å². The highest BCUT2D eigenvalue weighted by atomic mass is 35.5. The van der Waals surface area contributed by atoms with Crippen molar-refractivity contribution in [2.45, 2.75) is 13.8 Å². The Balaban J connectivity index is 3.12. The molecule has 0 saturated carbocycles. The Hall–Kier alpha value is -1.37. The first-order chi connectivity index (χ1) is 9.12. The predicted molar refractivity (Wildman–Crippen MR) is 63.1 cm³/mol. The number of rotatable bonds is 4. The molecular formula is C12H11ClF5NO. The zero-order valence-electron chi connectivity index (χ0n) is 10.6. The summed E-state index contributed by atoms with van der Waals surface area (Å²) < 4.78 is 65.4. The minimum absolute atomic E-state index is 0.0885. The van der Waals surface area contributed by atoms with Gasteiger partial charge in [-0.25, -0.2) is 22.0 Å². The average molecular weight is 316 g/mol. The predicted octanol–water partition coefficient (Wildman–Crippen LogP) is 3.38. The van der Waals surface area contributed by atoms with E-state index in [2.05, 4.69) is 5.32 Å². The van der Waals surface area contributed by atoms with Crippen molar-refractivity contribution in [2.24, 2.45) is 5.41 Å². The summed E-state index contributed by atoms with van der Waals surface area (Å²) in [7, 11) is 0. The molecule has 1 amide bonds. The van der Waals surface area contributed by atoms with Gasteiger partial charge in [-0.05, 0) is 5.41 Å². The first-order valence-corrected chi connectivity index (χ1v) is 6.01. The molecule has 8 heteroatoms. The number of alkyl halides is 1. The van der Waals surface area contributed by atoms with Gasteiger partial charge in [-0.15, -0.1) is 11.6 Å². The van der Waals surface area contributed by atoms with Crippen molar-refractivity contribution in [3.8, 4) is 0 Å². The molecule has 1 N–H and O–H groups in total.